The van der Waals surface area contributed by atoms with Crippen LogP contribution in [-0.2, 0) is 4.74 Å². The van der Waals surface area contributed by atoms with Crippen molar-refractivity contribution >= 4 is 0 Å². The van der Waals surface area contributed by atoms with Crippen LogP contribution in [0.4, 0.5) is 0 Å². The predicted molar refractivity (Wildman–Crippen MR) is 76.9 cm³/mol. The summed E-state index contributed by atoms with van der Waals surface area (Å²) in [7, 11) is 3.72. The van der Waals surface area contributed by atoms with Gasteiger partial charge in [0.25, 0.3) is 0 Å². The van der Waals surface area contributed by atoms with Crippen LogP contribution in [0.3, 0.4) is 0 Å². The second kappa shape index (κ2) is 6.37. The molecule has 0 radical (unpaired) electrons. The molecule has 1 aromatic carbocycles. The van der Waals surface area contributed by atoms with Gasteiger partial charge in [-0.1, -0.05) is 6.07 Å². The first kappa shape index (κ1) is 14.3. The molecule has 0 amide bonds. The monoisotopic (exact) mass is 264 g/mol. The van der Waals surface area contributed by atoms with Crippen LogP contribution >= 0.6 is 0 Å². The standard InChI is InChI=1S/C15H24N2O2/c1-10-8-14(18-4)11(2)7-12(10)15(16-3)13-9-19-6-5-17-13/h7-8,13,15-17H,5-6,9H2,1-4H3. The normalized spacial score (nSPS) is 21.2. The Bertz CT molecular complexity index is 428. The highest BCUT2D eigenvalue weighted by atomic mass is 16.5. The summed E-state index contributed by atoms with van der Waals surface area (Å²) >= 11 is 0. The van der Waals surface area contributed by atoms with Gasteiger partial charge in [-0.05, 0) is 43.7 Å². The molecular weight excluding hydrogens is 240 g/mol. The molecular formula is C15H24N2O2. The number of ether oxygens (including phenoxy) is 2. The van der Waals surface area contributed by atoms with Crippen molar-refractivity contribution in [3.63, 3.8) is 0 Å². The molecule has 1 aliphatic heterocycles. The molecule has 2 rings (SSSR count). The Morgan fingerprint density at radius 2 is 2.16 bits per heavy atom. The Morgan fingerprint density at radius 1 is 1.37 bits per heavy atom. The van der Waals surface area contributed by atoms with Crippen molar-refractivity contribution in [1.82, 2.24) is 10.6 Å². The van der Waals surface area contributed by atoms with Crippen LogP contribution in [0.25, 0.3) is 0 Å². The second-order valence-corrected chi connectivity index (χ2v) is 5.08. The van der Waals surface area contributed by atoms with E-state index in [0.717, 1.165) is 25.5 Å². The van der Waals surface area contributed by atoms with Crippen LogP contribution in [-0.4, -0.2) is 40.0 Å². The fraction of sp³-hybridized carbons (Fsp3) is 0.600. The van der Waals surface area contributed by atoms with Gasteiger partial charge in [0.1, 0.15) is 5.75 Å². The molecule has 0 saturated carbocycles. The van der Waals surface area contributed by atoms with E-state index >= 15 is 0 Å². The van der Waals surface area contributed by atoms with E-state index in [2.05, 4.69) is 36.6 Å². The Morgan fingerprint density at radius 3 is 2.74 bits per heavy atom. The van der Waals surface area contributed by atoms with E-state index in [1.54, 1.807) is 7.11 Å². The third-order valence-corrected chi connectivity index (χ3v) is 3.78. The molecule has 4 nitrogen and oxygen atoms in total. The highest BCUT2D eigenvalue weighted by Gasteiger charge is 2.25. The van der Waals surface area contributed by atoms with Gasteiger partial charge in [-0.2, -0.15) is 0 Å². The van der Waals surface area contributed by atoms with Gasteiger partial charge in [0, 0.05) is 12.6 Å². The highest BCUT2D eigenvalue weighted by Crippen LogP contribution is 2.28. The van der Waals surface area contributed by atoms with Gasteiger partial charge in [-0.15, -0.1) is 0 Å². The fourth-order valence-electron chi connectivity index (χ4n) is 2.74. The molecule has 2 N–H and O–H groups in total. The lowest BCUT2D eigenvalue weighted by atomic mass is 9.93. The van der Waals surface area contributed by atoms with Gasteiger partial charge in [0.05, 0.1) is 26.4 Å². The van der Waals surface area contributed by atoms with Gasteiger partial charge in [0.15, 0.2) is 0 Å². The number of likely N-dealkylation sites (N-methyl/N-ethyl adjacent to an activating group) is 1. The molecule has 1 aromatic rings. The zero-order valence-electron chi connectivity index (χ0n) is 12.2. The van der Waals surface area contributed by atoms with E-state index in [-0.39, 0.29) is 6.04 Å². The first-order valence-corrected chi connectivity index (χ1v) is 6.81. The van der Waals surface area contributed by atoms with Crippen LogP contribution in [0.1, 0.15) is 22.7 Å². The van der Waals surface area contributed by atoms with Crippen LogP contribution in [0.5, 0.6) is 5.75 Å². The lowest BCUT2D eigenvalue weighted by Gasteiger charge is -2.32. The van der Waals surface area contributed by atoms with Crippen LogP contribution in [0.15, 0.2) is 12.1 Å². The smallest absolute Gasteiger partial charge is 0.122 e. The predicted octanol–water partition coefficient (Wildman–Crippen LogP) is 1.56. The molecule has 4 heteroatoms. The lowest BCUT2D eigenvalue weighted by Crippen LogP contribution is -2.48. The summed E-state index contributed by atoms with van der Waals surface area (Å²) in [5, 5.41) is 6.94. The number of methoxy groups -OCH3 is 1. The Hall–Kier alpha value is -1.10. The SMILES string of the molecule is CNC(c1cc(C)c(OC)cc1C)C1COCCN1. The molecule has 106 valence electrons. The van der Waals surface area contributed by atoms with Crippen LogP contribution in [0, 0.1) is 13.8 Å². The minimum Gasteiger partial charge on any atom is -0.496 e. The van der Waals surface area contributed by atoms with E-state index in [1.165, 1.54) is 16.7 Å². The van der Waals surface area contributed by atoms with Gasteiger partial charge < -0.3 is 20.1 Å². The van der Waals surface area contributed by atoms with Gasteiger partial charge >= 0.3 is 0 Å². The largest absolute Gasteiger partial charge is 0.496 e. The zero-order chi connectivity index (χ0) is 13.8. The van der Waals surface area contributed by atoms with E-state index in [1.807, 2.05) is 7.05 Å². The number of morpholine rings is 1. The maximum Gasteiger partial charge on any atom is 0.122 e. The summed E-state index contributed by atoms with van der Waals surface area (Å²) in [6.07, 6.45) is 0. The van der Waals surface area contributed by atoms with E-state index < -0.39 is 0 Å². The Kier molecular flexibility index (Phi) is 4.80. The molecule has 2 unspecified atom stereocenters. The van der Waals surface area contributed by atoms with Crippen molar-refractivity contribution in [3.8, 4) is 5.75 Å². The number of hydrogen-bond acceptors (Lipinski definition) is 4. The van der Waals surface area contributed by atoms with E-state index in [0.29, 0.717) is 6.04 Å². The maximum absolute atomic E-state index is 5.57. The highest BCUT2D eigenvalue weighted by molar-refractivity contribution is 5.43. The zero-order valence-corrected chi connectivity index (χ0v) is 12.2. The van der Waals surface area contributed by atoms with Crippen LogP contribution < -0.4 is 15.4 Å². The van der Waals surface area contributed by atoms with Crippen molar-refractivity contribution in [2.24, 2.45) is 0 Å². The number of hydrogen-bond donors (Lipinski definition) is 2. The first-order valence-electron chi connectivity index (χ1n) is 6.81. The summed E-state index contributed by atoms with van der Waals surface area (Å²) in [5.74, 6) is 0.948. The summed E-state index contributed by atoms with van der Waals surface area (Å²) < 4.78 is 11.0. The second-order valence-electron chi connectivity index (χ2n) is 5.08. The Labute approximate surface area is 115 Å². The number of benzene rings is 1. The molecule has 1 fully saturated rings. The molecule has 2 atom stereocenters. The Balaban J connectivity index is 2.29. The summed E-state index contributed by atoms with van der Waals surface area (Å²) in [6, 6.07) is 4.89. The number of rotatable bonds is 4. The fourth-order valence-corrected chi connectivity index (χ4v) is 2.74. The van der Waals surface area contributed by atoms with Gasteiger partial charge in [0.2, 0.25) is 0 Å². The van der Waals surface area contributed by atoms with Crippen molar-refractivity contribution in [2.75, 3.05) is 33.9 Å². The molecule has 0 spiro atoms. The molecule has 0 bridgehead atoms. The van der Waals surface area contributed by atoms with E-state index in [4.69, 9.17) is 9.47 Å². The number of nitrogens with one attached hydrogen (secondary N) is 2. The average molecular weight is 264 g/mol. The average Bonchev–Trinajstić information content (AvgIpc) is 2.44. The molecule has 0 aromatic heterocycles. The van der Waals surface area contributed by atoms with Crippen molar-refractivity contribution in [3.05, 3.63) is 28.8 Å². The molecule has 1 heterocycles. The minimum atomic E-state index is 0.255. The first-order chi connectivity index (χ1) is 9.17. The van der Waals surface area contributed by atoms with Crippen molar-refractivity contribution in [1.29, 1.82) is 0 Å². The third kappa shape index (κ3) is 3.08. The molecule has 1 saturated heterocycles. The molecule has 1 aliphatic rings. The minimum absolute atomic E-state index is 0.255. The van der Waals surface area contributed by atoms with Crippen LogP contribution in [0.2, 0.25) is 0 Å². The third-order valence-electron chi connectivity index (χ3n) is 3.78. The number of aryl methyl sites for hydroxylation is 2. The quantitative estimate of drug-likeness (QED) is 0.866. The summed E-state index contributed by atoms with van der Waals surface area (Å²) in [5.41, 5.74) is 3.72. The topological polar surface area (TPSA) is 42.5 Å². The van der Waals surface area contributed by atoms with E-state index in [9.17, 15) is 0 Å². The van der Waals surface area contributed by atoms with Gasteiger partial charge in [-0.25, -0.2) is 0 Å². The summed E-state index contributed by atoms with van der Waals surface area (Å²) in [6.45, 7) is 6.67. The maximum atomic E-state index is 5.57. The summed E-state index contributed by atoms with van der Waals surface area (Å²) in [4.78, 5) is 0. The molecule has 19 heavy (non-hydrogen) atoms. The van der Waals surface area contributed by atoms with Gasteiger partial charge in [-0.3, -0.25) is 0 Å². The van der Waals surface area contributed by atoms with Crippen molar-refractivity contribution in [2.45, 2.75) is 25.9 Å². The molecule has 0 aliphatic carbocycles. The lowest BCUT2D eigenvalue weighted by molar-refractivity contribution is 0.0645. The van der Waals surface area contributed by atoms with Crippen molar-refractivity contribution < 1.29 is 9.47 Å².